The number of carbonyl (C=O) groups excluding carboxylic acids is 1. The highest BCUT2D eigenvalue weighted by atomic mass is 19.4. The van der Waals surface area contributed by atoms with Crippen LogP contribution in [0.5, 0.6) is 0 Å². The molecule has 18 heteroatoms. The van der Waals surface area contributed by atoms with Gasteiger partial charge in [0, 0.05) is 0 Å². The molecule has 0 aromatic carbocycles. The van der Waals surface area contributed by atoms with Crippen LogP contribution in [0.25, 0.3) is 0 Å². The molecule has 0 aliphatic rings. The van der Waals surface area contributed by atoms with Crippen LogP contribution in [0.15, 0.2) is 0 Å². The molecule has 0 heterocycles. The van der Waals surface area contributed by atoms with Crippen LogP contribution in [0.4, 0.5) is 39.5 Å². The third-order valence-corrected chi connectivity index (χ3v) is 2.79. The molecule has 1 N–H and O–H groups in total. The van der Waals surface area contributed by atoms with E-state index in [1.54, 1.807) is 0 Å². The first-order chi connectivity index (χ1) is 14.1. The summed E-state index contributed by atoms with van der Waals surface area (Å²) in [7, 11) is 0. The molecule has 0 saturated heterocycles. The normalized spacial score (nSPS) is 15.9. The Labute approximate surface area is 166 Å². The Morgan fingerprint density at radius 2 is 1.29 bits per heavy atom. The van der Waals surface area contributed by atoms with Crippen LogP contribution < -0.4 is 0 Å². The number of carboxylic acid groups (broad SMARTS) is 1. The van der Waals surface area contributed by atoms with Gasteiger partial charge in [-0.2, -0.15) is 39.5 Å². The smallest absolute Gasteiger partial charge is 0.440 e. The minimum atomic E-state index is -5.49. The third-order valence-electron chi connectivity index (χ3n) is 2.79. The van der Waals surface area contributed by atoms with Gasteiger partial charge < -0.3 is 33.5 Å². The predicted octanol–water partition coefficient (Wildman–Crippen LogP) is 1.99. The third kappa shape index (κ3) is 13.2. The lowest BCUT2D eigenvalue weighted by Gasteiger charge is -2.26. The van der Waals surface area contributed by atoms with Crippen molar-refractivity contribution in [3.05, 3.63) is 0 Å². The van der Waals surface area contributed by atoms with Crippen molar-refractivity contribution in [2.75, 3.05) is 33.4 Å². The molecule has 0 aromatic rings. The van der Waals surface area contributed by atoms with Gasteiger partial charge in [-0.15, -0.1) is 0 Å². The number of aliphatic carboxylic acids is 1. The molecule has 184 valence electrons. The van der Waals surface area contributed by atoms with Crippen molar-refractivity contribution in [1.29, 1.82) is 0 Å². The van der Waals surface area contributed by atoms with E-state index in [0.717, 1.165) is 0 Å². The number of carboxylic acids is 1. The maximum atomic E-state index is 12.8. The van der Waals surface area contributed by atoms with Crippen molar-refractivity contribution in [2.45, 2.75) is 37.0 Å². The average Bonchev–Trinajstić information content (AvgIpc) is 2.58. The molecule has 0 spiro atoms. The second-order valence-electron chi connectivity index (χ2n) is 5.17. The van der Waals surface area contributed by atoms with Crippen LogP contribution in [0.3, 0.4) is 0 Å². The minimum Gasteiger partial charge on any atom is -0.480 e. The monoisotopic (exact) mass is 486 g/mol. The number of halogens is 9. The van der Waals surface area contributed by atoms with E-state index in [2.05, 4.69) is 28.4 Å². The van der Waals surface area contributed by atoms with Gasteiger partial charge in [0.15, 0.2) is 25.8 Å². The van der Waals surface area contributed by atoms with E-state index in [9.17, 15) is 49.1 Å². The molecule has 0 amide bonds. The van der Waals surface area contributed by atoms with Crippen molar-refractivity contribution in [1.82, 2.24) is 0 Å². The highest BCUT2D eigenvalue weighted by Gasteiger charge is 2.47. The molecule has 0 bridgehead atoms. The van der Waals surface area contributed by atoms with Gasteiger partial charge in [-0.1, -0.05) is 0 Å². The number of rotatable bonds is 15. The van der Waals surface area contributed by atoms with E-state index >= 15 is 0 Å². The number of alkyl halides is 9. The molecular weight excluding hydrogens is 471 g/mol. The Kier molecular flexibility index (Phi) is 12.1. The Balaban J connectivity index is 4.90. The van der Waals surface area contributed by atoms with Gasteiger partial charge in [0.25, 0.3) is 12.8 Å². The molecular formula is C13H15F9O9. The van der Waals surface area contributed by atoms with Gasteiger partial charge in [0.2, 0.25) is 0 Å². The van der Waals surface area contributed by atoms with Crippen LogP contribution >= 0.6 is 0 Å². The first-order valence-corrected chi connectivity index (χ1v) is 7.60. The Bertz CT molecular complexity index is 536. The molecule has 0 aromatic heterocycles. The fourth-order valence-corrected chi connectivity index (χ4v) is 1.47. The number of ether oxygens (including phenoxy) is 6. The van der Waals surface area contributed by atoms with Gasteiger partial charge in [-0.05, 0) is 0 Å². The molecule has 0 radical (unpaired) electrons. The number of hydrogen-bond donors (Lipinski definition) is 1. The summed E-state index contributed by atoms with van der Waals surface area (Å²) >= 11 is 0. The molecule has 0 saturated carbocycles. The van der Waals surface area contributed by atoms with Crippen LogP contribution in [-0.2, 0) is 38.0 Å². The Morgan fingerprint density at radius 3 is 1.74 bits per heavy atom. The van der Waals surface area contributed by atoms with Gasteiger partial charge in [0.05, 0.1) is 13.2 Å². The first-order valence-electron chi connectivity index (χ1n) is 7.60. The van der Waals surface area contributed by atoms with Crippen molar-refractivity contribution >= 4 is 12.4 Å². The van der Waals surface area contributed by atoms with Crippen molar-refractivity contribution in [3.8, 4) is 0 Å². The molecule has 31 heavy (non-hydrogen) atoms. The lowest BCUT2D eigenvalue weighted by Crippen LogP contribution is -2.43. The first kappa shape index (κ1) is 29.1. The van der Waals surface area contributed by atoms with E-state index < -0.39 is 76.4 Å². The SMILES string of the molecule is O=COCOC(COC(OCOC(COCC(=O)O)C(F)(F)F)C(F)(F)F)C(F)(F)F. The maximum absolute atomic E-state index is 12.8. The zero-order chi connectivity index (χ0) is 24.3. The summed E-state index contributed by atoms with van der Waals surface area (Å²) in [5.74, 6) is -1.64. The molecule has 3 unspecified atom stereocenters. The molecule has 0 fully saturated rings. The Morgan fingerprint density at radius 1 is 0.774 bits per heavy atom. The van der Waals surface area contributed by atoms with Gasteiger partial charge >= 0.3 is 24.5 Å². The van der Waals surface area contributed by atoms with E-state index in [-0.39, 0.29) is 6.47 Å². The molecule has 0 aliphatic carbocycles. The topological polar surface area (TPSA) is 110 Å². The summed E-state index contributed by atoms with van der Waals surface area (Å²) in [5, 5.41) is 8.27. The maximum Gasteiger partial charge on any atom is 0.440 e. The lowest BCUT2D eigenvalue weighted by molar-refractivity contribution is -0.351. The standard InChI is InChI=1S/C13H15F9O9/c14-11(15,16)7(1-26-3-9(24)25)30-6-31-10(13(20,21)22)28-2-8(12(17,18)19)29-5-27-4-23/h4,7-8,10H,1-3,5-6H2,(H,24,25). The minimum absolute atomic E-state index is 0.301. The van der Waals surface area contributed by atoms with Crippen molar-refractivity contribution < 1.29 is 82.6 Å². The van der Waals surface area contributed by atoms with Crippen LogP contribution in [0.1, 0.15) is 0 Å². The number of hydrogen-bond acceptors (Lipinski definition) is 8. The molecule has 3 atom stereocenters. The predicted molar refractivity (Wildman–Crippen MR) is 74.1 cm³/mol. The quantitative estimate of drug-likeness (QED) is 0.161. The molecule has 9 nitrogen and oxygen atoms in total. The van der Waals surface area contributed by atoms with E-state index in [0.29, 0.717) is 0 Å². The van der Waals surface area contributed by atoms with E-state index in [1.807, 2.05) is 0 Å². The van der Waals surface area contributed by atoms with Crippen LogP contribution in [-0.4, -0.2) is 88.0 Å². The zero-order valence-corrected chi connectivity index (χ0v) is 15.0. The van der Waals surface area contributed by atoms with Crippen molar-refractivity contribution in [2.24, 2.45) is 0 Å². The van der Waals surface area contributed by atoms with Gasteiger partial charge in [-0.25, -0.2) is 4.79 Å². The van der Waals surface area contributed by atoms with Crippen molar-refractivity contribution in [3.63, 3.8) is 0 Å². The summed E-state index contributed by atoms with van der Waals surface area (Å²) in [6, 6.07) is 0. The summed E-state index contributed by atoms with van der Waals surface area (Å²) < 4.78 is 138. The lowest BCUT2D eigenvalue weighted by atomic mass is 10.3. The Hall–Kier alpha value is -1.89. The van der Waals surface area contributed by atoms with E-state index in [4.69, 9.17) is 5.11 Å². The van der Waals surface area contributed by atoms with Crippen LogP contribution in [0, 0.1) is 0 Å². The summed E-state index contributed by atoms with van der Waals surface area (Å²) in [5.41, 5.74) is 0. The van der Waals surface area contributed by atoms with Crippen LogP contribution in [0.2, 0.25) is 0 Å². The fourth-order valence-electron chi connectivity index (χ4n) is 1.47. The summed E-state index contributed by atoms with van der Waals surface area (Å²) in [6.45, 7) is -7.77. The van der Waals surface area contributed by atoms with Gasteiger partial charge in [0.1, 0.15) is 6.61 Å². The summed E-state index contributed by atoms with van der Waals surface area (Å²) in [6.07, 6.45) is -25.3. The fraction of sp³-hybridized carbons (Fsp3) is 0.846. The largest absolute Gasteiger partial charge is 0.480 e. The molecule has 0 rings (SSSR count). The highest BCUT2D eigenvalue weighted by Crippen LogP contribution is 2.28. The zero-order valence-electron chi connectivity index (χ0n) is 15.0. The average molecular weight is 486 g/mol. The number of carbonyl (C=O) groups is 2. The van der Waals surface area contributed by atoms with Gasteiger partial charge in [-0.3, -0.25) is 4.79 Å². The van der Waals surface area contributed by atoms with E-state index in [1.165, 1.54) is 0 Å². The second kappa shape index (κ2) is 12.8. The summed E-state index contributed by atoms with van der Waals surface area (Å²) in [4.78, 5) is 20.1. The molecule has 0 aliphatic heterocycles. The highest BCUT2D eigenvalue weighted by molar-refractivity contribution is 5.67. The second-order valence-corrected chi connectivity index (χ2v) is 5.17.